The second kappa shape index (κ2) is 6.78. The van der Waals surface area contributed by atoms with Crippen LogP contribution in [-0.4, -0.2) is 52.5 Å². The summed E-state index contributed by atoms with van der Waals surface area (Å²) in [5.41, 5.74) is 5.22. The number of hydrogen-bond donors (Lipinski definition) is 0. The van der Waals surface area contributed by atoms with E-state index in [0.717, 1.165) is 18.7 Å². The van der Waals surface area contributed by atoms with E-state index in [-0.39, 0.29) is 11.9 Å². The number of benzene rings is 1. The molecule has 6 nitrogen and oxygen atoms in total. The van der Waals surface area contributed by atoms with Crippen LogP contribution >= 0.6 is 0 Å². The maximum Gasteiger partial charge on any atom is 0.258 e. The van der Waals surface area contributed by atoms with Crippen molar-refractivity contribution >= 4 is 17.0 Å². The van der Waals surface area contributed by atoms with Gasteiger partial charge in [0.2, 0.25) is 0 Å². The summed E-state index contributed by atoms with van der Waals surface area (Å²) in [5, 5.41) is 4.68. The highest BCUT2D eigenvalue weighted by Crippen LogP contribution is 2.25. The van der Waals surface area contributed by atoms with Crippen molar-refractivity contribution in [3.8, 4) is 0 Å². The Morgan fingerprint density at radius 2 is 2.04 bits per heavy atom. The minimum absolute atomic E-state index is 0.0240. The number of amides is 1. The summed E-state index contributed by atoms with van der Waals surface area (Å²) in [4.78, 5) is 21.7. The molecule has 0 radical (unpaired) electrons. The molecule has 0 fully saturated rings. The quantitative estimate of drug-likeness (QED) is 0.715. The number of carbonyl (C=O) groups excluding carboxylic acids is 1. The lowest BCUT2D eigenvalue weighted by molar-refractivity contribution is 0.0735. The molecule has 0 aliphatic carbocycles. The summed E-state index contributed by atoms with van der Waals surface area (Å²) in [6.45, 7) is 5.27. The Labute approximate surface area is 158 Å². The molecule has 2 aromatic heterocycles. The lowest BCUT2D eigenvalue weighted by Crippen LogP contribution is -2.46. The van der Waals surface area contributed by atoms with Crippen LogP contribution in [0.4, 0.5) is 0 Å². The zero-order chi connectivity index (χ0) is 19.1. The van der Waals surface area contributed by atoms with Crippen LogP contribution < -0.4 is 0 Å². The number of likely N-dealkylation sites (N-methyl/N-ethyl adjacent to an activating group) is 2. The van der Waals surface area contributed by atoms with E-state index in [9.17, 15) is 4.79 Å². The third-order valence-electron chi connectivity index (χ3n) is 5.42. The first-order chi connectivity index (χ1) is 12.9. The molecular weight excluding hydrogens is 340 g/mol. The number of rotatable bonds is 3. The molecule has 0 N–H and O–H groups in total. The van der Waals surface area contributed by atoms with Gasteiger partial charge in [0.15, 0.2) is 0 Å². The Hall–Kier alpha value is -2.73. The Balaban J connectivity index is 1.58. The van der Waals surface area contributed by atoms with Crippen molar-refractivity contribution in [2.75, 3.05) is 20.6 Å². The van der Waals surface area contributed by atoms with Gasteiger partial charge in [0, 0.05) is 31.9 Å². The fourth-order valence-corrected chi connectivity index (χ4v) is 3.91. The smallest absolute Gasteiger partial charge is 0.258 e. The van der Waals surface area contributed by atoms with Gasteiger partial charge in [-0.05, 0) is 44.5 Å². The Morgan fingerprint density at radius 1 is 1.30 bits per heavy atom. The van der Waals surface area contributed by atoms with Crippen molar-refractivity contribution in [1.29, 1.82) is 0 Å². The second-order valence-corrected chi connectivity index (χ2v) is 7.49. The summed E-state index contributed by atoms with van der Waals surface area (Å²) in [6, 6.07) is 10.7. The van der Waals surface area contributed by atoms with E-state index in [1.54, 1.807) is 4.90 Å². The number of carbonyl (C=O) groups is 1. The molecule has 1 aliphatic heterocycles. The van der Waals surface area contributed by atoms with Gasteiger partial charge in [-0.1, -0.05) is 29.4 Å². The lowest BCUT2D eigenvalue weighted by atomic mass is 9.94. The number of nitrogens with zero attached hydrogens (tertiary/aromatic N) is 4. The van der Waals surface area contributed by atoms with Crippen LogP contribution in [0.1, 0.15) is 32.9 Å². The number of fused-ring (bicyclic) bond motifs is 2. The molecule has 1 aromatic carbocycles. The van der Waals surface area contributed by atoms with Gasteiger partial charge >= 0.3 is 0 Å². The molecule has 1 atom stereocenters. The minimum Gasteiger partial charge on any atom is -0.340 e. The maximum absolute atomic E-state index is 13.2. The Kier molecular flexibility index (Phi) is 4.44. The molecule has 4 rings (SSSR count). The van der Waals surface area contributed by atoms with Gasteiger partial charge in [-0.3, -0.25) is 9.69 Å². The van der Waals surface area contributed by atoms with Gasteiger partial charge in [0.05, 0.1) is 16.6 Å². The van der Waals surface area contributed by atoms with Crippen molar-refractivity contribution in [3.05, 3.63) is 58.4 Å². The number of hydrogen-bond acceptors (Lipinski definition) is 5. The fraction of sp³-hybridized carbons (Fsp3) is 0.381. The second-order valence-electron chi connectivity index (χ2n) is 7.49. The SMILES string of the molecule is Cc1cc(C(=O)N(C)CC2Cc3ccccc3CN2C)c2c(C)noc2n1. The van der Waals surface area contributed by atoms with Crippen molar-refractivity contribution in [3.63, 3.8) is 0 Å². The third-order valence-corrected chi connectivity index (χ3v) is 5.42. The minimum atomic E-state index is -0.0240. The van der Waals surface area contributed by atoms with E-state index in [0.29, 0.717) is 28.9 Å². The van der Waals surface area contributed by atoms with Crippen LogP contribution in [0.15, 0.2) is 34.9 Å². The number of aryl methyl sites for hydroxylation is 2. The third kappa shape index (κ3) is 3.21. The Bertz CT molecular complexity index is 1010. The van der Waals surface area contributed by atoms with E-state index >= 15 is 0 Å². The van der Waals surface area contributed by atoms with Crippen LogP contribution in [0.5, 0.6) is 0 Å². The molecule has 1 unspecified atom stereocenters. The molecule has 0 saturated carbocycles. The standard InChI is InChI=1S/C21H24N4O2/c1-13-9-18(19-14(2)23-27-20(19)22-13)21(26)25(4)12-17-10-15-7-5-6-8-16(15)11-24(17)3/h5-9,17H,10-12H2,1-4H3. The highest BCUT2D eigenvalue weighted by molar-refractivity contribution is 6.05. The molecule has 1 amide bonds. The molecule has 1 aliphatic rings. The van der Waals surface area contributed by atoms with Crippen molar-refractivity contribution in [2.45, 2.75) is 32.9 Å². The molecule has 140 valence electrons. The van der Waals surface area contributed by atoms with Gasteiger partial charge in [0.1, 0.15) is 0 Å². The van der Waals surface area contributed by atoms with Crippen molar-refractivity contribution in [2.24, 2.45) is 0 Å². The predicted octanol–water partition coefficient (Wildman–Crippen LogP) is 2.97. The van der Waals surface area contributed by atoms with Gasteiger partial charge in [-0.2, -0.15) is 0 Å². The van der Waals surface area contributed by atoms with Gasteiger partial charge in [0.25, 0.3) is 11.6 Å². The number of aromatic nitrogens is 2. The topological polar surface area (TPSA) is 62.5 Å². The van der Waals surface area contributed by atoms with E-state index in [4.69, 9.17) is 4.52 Å². The molecular formula is C21H24N4O2. The maximum atomic E-state index is 13.2. The molecule has 3 aromatic rings. The highest BCUT2D eigenvalue weighted by atomic mass is 16.5. The average molecular weight is 364 g/mol. The molecule has 0 bridgehead atoms. The molecule has 6 heteroatoms. The van der Waals surface area contributed by atoms with Gasteiger partial charge in [-0.25, -0.2) is 4.98 Å². The summed E-state index contributed by atoms with van der Waals surface area (Å²) in [5.74, 6) is -0.0240. The zero-order valence-electron chi connectivity index (χ0n) is 16.2. The predicted molar refractivity (Wildman–Crippen MR) is 104 cm³/mol. The van der Waals surface area contributed by atoms with Crippen molar-refractivity contribution in [1.82, 2.24) is 19.9 Å². The molecule has 3 heterocycles. The summed E-state index contributed by atoms with van der Waals surface area (Å²) >= 11 is 0. The molecule has 0 saturated heterocycles. The van der Waals surface area contributed by atoms with E-state index in [1.165, 1.54) is 11.1 Å². The summed E-state index contributed by atoms with van der Waals surface area (Å²) in [6.07, 6.45) is 0.946. The van der Waals surface area contributed by atoms with Gasteiger partial charge in [-0.15, -0.1) is 0 Å². The first-order valence-electron chi connectivity index (χ1n) is 9.20. The first-order valence-corrected chi connectivity index (χ1v) is 9.20. The Morgan fingerprint density at radius 3 is 2.81 bits per heavy atom. The summed E-state index contributed by atoms with van der Waals surface area (Å²) in [7, 11) is 3.99. The first kappa shape index (κ1) is 17.7. The molecule has 0 spiro atoms. The van der Waals surface area contributed by atoms with E-state index < -0.39 is 0 Å². The largest absolute Gasteiger partial charge is 0.340 e. The zero-order valence-corrected chi connectivity index (χ0v) is 16.2. The summed E-state index contributed by atoms with van der Waals surface area (Å²) < 4.78 is 5.27. The van der Waals surface area contributed by atoms with Gasteiger partial charge < -0.3 is 9.42 Å². The lowest BCUT2D eigenvalue weighted by Gasteiger charge is -2.36. The highest BCUT2D eigenvalue weighted by Gasteiger charge is 2.27. The molecule has 27 heavy (non-hydrogen) atoms. The normalized spacial score (nSPS) is 17.1. The van der Waals surface area contributed by atoms with Crippen LogP contribution in [0, 0.1) is 13.8 Å². The van der Waals surface area contributed by atoms with Crippen LogP contribution in [0.2, 0.25) is 0 Å². The van der Waals surface area contributed by atoms with Crippen LogP contribution in [0.3, 0.4) is 0 Å². The van der Waals surface area contributed by atoms with Crippen LogP contribution in [-0.2, 0) is 13.0 Å². The van der Waals surface area contributed by atoms with E-state index in [2.05, 4.69) is 46.4 Å². The average Bonchev–Trinajstić information content (AvgIpc) is 3.01. The fourth-order valence-electron chi connectivity index (χ4n) is 3.91. The monoisotopic (exact) mass is 364 g/mol. The van der Waals surface area contributed by atoms with Crippen LogP contribution in [0.25, 0.3) is 11.1 Å². The van der Waals surface area contributed by atoms with E-state index in [1.807, 2.05) is 27.0 Å². The van der Waals surface area contributed by atoms with Crippen molar-refractivity contribution < 1.29 is 9.32 Å². The number of pyridine rings is 1.